The van der Waals surface area contributed by atoms with Crippen LogP contribution < -0.4 is 10.1 Å². The summed E-state index contributed by atoms with van der Waals surface area (Å²) in [7, 11) is 1.37. The number of ether oxygens (including phenoxy) is 1. The highest BCUT2D eigenvalue weighted by molar-refractivity contribution is 5.94. The van der Waals surface area contributed by atoms with Gasteiger partial charge in [-0.3, -0.25) is 9.89 Å². The first-order valence-corrected chi connectivity index (χ1v) is 5.96. The molecule has 0 aliphatic carbocycles. The largest absolute Gasteiger partial charge is 0.496 e. The van der Waals surface area contributed by atoms with Crippen molar-refractivity contribution >= 4 is 11.7 Å². The number of amides is 1. The monoisotopic (exact) mass is 279 g/mol. The predicted octanol–water partition coefficient (Wildman–Crippen LogP) is 2.17. The van der Waals surface area contributed by atoms with Crippen molar-refractivity contribution in [2.45, 2.75) is 12.3 Å². The van der Waals surface area contributed by atoms with Crippen LogP contribution in [-0.2, 0) is 4.79 Å². The third kappa shape index (κ3) is 1.82. The van der Waals surface area contributed by atoms with Crippen LogP contribution in [0.3, 0.4) is 0 Å². The Hall–Kier alpha value is -2.44. The second-order valence-corrected chi connectivity index (χ2v) is 4.48. The number of halogens is 2. The molecular weight excluding hydrogens is 268 g/mol. The van der Waals surface area contributed by atoms with Crippen LogP contribution in [0.5, 0.6) is 5.75 Å². The molecule has 104 valence electrons. The molecule has 0 saturated heterocycles. The van der Waals surface area contributed by atoms with E-state index < -0.39 is 17.6 Å². The SMILES string of the molecule is COc1ccc(F)c(F)c1C1CC(=O)Nc2[nH]ncc21. The van der Waals surface area contributed by atoms with E-state index in [1.54, 1.807) is 0 Å². The molecule has 0 saturated carbocycles. The molecule has 7 heteroatoms. The molecule has 2 aromatic rings. The molecule has 1 aliphatic heterocycles. The van der Waals surface area contributed by atoms with Crippen LogP contribution in [0.4, 0.5) is 14.6 Å². The van der Waals surface area contributed by atoms with Crippen molar-refractivity contribution in [1.82, 2.24) is 10.2 Å². The fraction of sp³-hybridized carbons (Fsp3) is 0.231. The minimum absolute atomic E-state index is 0.00324. The Morgan fingerprint density at radius 1 is 1.40 bits per heavy atom. The summed E-state index contributed by atoms with van der Waals surface area (Å²) in [6.45, 7) is 0. The number of rotatable bonds is 2. The summed E-state index contributed by atoms with van der Waals surface area (Å²) >= 11 is 0. The van der Waals surface area contributed by atoms with Gasteiger partial charge >= 0.3 is 0 Å². The summed E-state index contributed by atoms with van der Waals surface area (Å²) in [6, 6.07) is 2.34. The van der Waals surface area contributed by atoms with Gasteiger partial charge in [-0.25, -0.2) is 8.78 Å². The van der Waals surface area contributed by atoms with Crippen LogP contribution in [0, 0.1) is 11.6 Å². The Balaban J connectivity index is 2.20. The van der Waals surface area contributed by atoms with Crippen molar-refractivity contribution in [2.75, 3.05) is 12.4 Å². The highest BCUT2D eigenvalue weighted by Crippen LogP contribution is 2.41. The van der Waals surface area contributed by atoms with Crippen LogP contribution in [0.15, 0.2) is 18.3 Å². The third-order valence-electron chi connectivity index (χ3n) is 3.36. The summed E-state index contributed by atoms with van der Waals surface area (Å²) in [5.41, 5.74) is 0.636. The van der Waals surface area contributed by atoms with E-state index in [9.17, 15) is 13.6 Å². The van der Waals surface area contributed by atoms with Gasteiger partial charge < -0.3 is 10.1 Å². The van der Waals surface area contributed by atoms with Gasteiger partial charge in [-0.15, -0.1) is 0 Å². The van der Waals surface area contributed by atoms with E-state index in [1.807, 2.05) is 0 Å². The number of benzene rings is 1. The number of fused-ring (bicyclic) bond motifs is 1. The number of carbonyl (C=O) groups excluding carboxylic acids is 1. The van der Waals surface area contributed by atoms with Gasteiger partial charge in [0.2, 0.25) is 5.91 Å². The van der Waals surface area contributed by atoms with E-state index >= 15 is 0 Å². The molecule has 1 unspecified atom stereocenters. The average molecular weight is 279 g/mol. The topological polar surface area (TPSA) is 67.0 Å². The van der Waals surface area contributed by atoms with Crippen molar-refractivity contribution in [1.29, 1.82) is 0 Å². The molecule has 5 nitrogen and oxygen atoms in total. The van der Waals surface area contributed by atoms with Gasteiger partial charge in [0, 0.05) is 23.5 Å². The van der Waals surface area contributed by atoms with E-state index in [1.165, 1.54) is 19.4 Å². The number of hydrogen-bond donors (Lipinski definition) is 2. The van der Waals surface area contributed by atoms with Gasteiger partial charge in [0.15, 0.2) is 11.6 Å². The van der Waals surface area contributed by atoms with E-state index in [-0.39, 0.29) is 23.6 Å². The molecule has 0 fully saturated rings. The van der Waals surface area contributed by atoms with Crippen LogP contribution in [0.1, 0.15) is 23.5 Å². The second kappa shape index (κ2) is 4.59. The smallest absolute Gasteiger partial charge is 0.226 e. The van der Waals surface area contributed by atoms with Gasteiger partial charge in [0.05, 0.1) is 13.3 Å². The number of hydrogen-bond acceptors (Lipinski definition) is 3. The minimum Gasteiger partial charge on any atom is -0.496 e. The van der Waals surface area contributed by atoms with Gasteiger partial charge in [0.1, 0.15) is 11.6 Å². The summed E-state index contributed by atoms with van der Waals surface area (Å²) < 4.78 is 32.7. The molecule has 0 spiro atoms. The van der Waals surface area contributed by atoms with Gasteiger partial charge in [-0.2, -0.15) is 5.10 Å². The molecule has 20 heavy (non-hydrogen) atoms. The standard InChI is InChI=1S/C13H11F2N3O2/c1-20-9-3-2-8(14)12(15)11(9)6-4-10(19)17-13-7(6)5-16-18-13/h2-3,5-6H,4H2,1H3,(H2,16,17,18,19). The predicted molar refractivity (Wildman–Crippen MR) is 66.6 cm³/mol. The fourth-order valence-corrected chi connectivity index (χ4v) is 2.45. The Morgan fingerprint density at radius 3 is 2.95 bits per heavy atom. The highest BCUT2D eigenvalue weighted by Gasteiger charge is 2.33. The molecule has 3 rings (SSSR count). The second-order valence-electron chi connectivity index (χ2n) is 4.48. The van der Waals surface area contributed by atoms with Crippen molar-refractivity contribution < 1.29 is 18.3 Å². The number of aromatic nitrogens is 2. The van der Waals surface area contributed by atoms with E-state index in [0.717, 1.165) is 6.07 Å². The van der Waals surface area contributed by atoms with Crippen molar-refractivity contribution in [3.63, 3.8) is 0 Å². The molecule has 1 aromatic heterocycles. The maximum Gasteiger partial charge on any atom is 0.226 e. The highest BCUT2D eigenvalue weighted by atomic mass is 19.2. The molecule has 0 bridgehead atoms. The molecule has 2 heterocycles. The van der Waals surface area contributed by atoms with E-state index in [4.69, 9.17) is 4.74 Å². The Morgan fingerprint density at radius 2 is 2.20 bits per heavy atom. The summed E-state index contributed by atoms with van der Waals surface area (Å²) in [5, 5.41) is 9.04. The summed E-state index contributed by atoms with van der Waals surface area (Å²) in [6.07, 6.45) is 1.49. The molecule has 2 N–H and O–H groups in total. The Bertz CT molecular complexity index is 684. The number of methoxy groups -OCH3 is 1. The summed E-state index contributed by atoms with van der Waals surface area (Å²) in [4.78, 5) is 11.7. The maximum atomic E-state index is 14.1. The zero-order valence-electron chi connectivity index (χ0n) is 10.5. The van der Waals surface area contributed by atoms with Crippen LogP contribution in [-0.4, -0.2) is 23.2 Å². The molecular formula is C13H11F2N3O2. The zero-order valence-corrected chi connectivity index (χ0v) is 10.5. The average Bonchev–Trinajstić information content (AvgIpc) is 2.89. The van der Waals surface area contributed by atoms with Gasteiger partial charge in [-0.05, 0) is 12.1 Å². The van der Waals surface area contributed by atoms with Crippen LogP contribution in [0.25, 0.3) is 0 Å². The zero-order chi connectivity index (χ0) is 14.3. The number of H-pyrrole nitrogens is 1. The number of aromatic amines is 1. The first-order valence-electron chi connectivity index (χ1n) is 5.96. The molecule has 0 radical (unpaired) electrons. The first kappa shape index (κ1) is 12.6. The lowest BCUT2D eigenvalue weighted by atomic mass is 9.86. The molecule has 1 aromatic carbocycles. The Kier molecular flexibility index (Phi) is 2.89. The molecule has 1 atom stereocenters. The van der Waals surface area contributed by atoms with E-state index in [2.05, 4.69) is 15.5 Å². The number of nitrogens with zero attached hydrogens (tertiary/aromatic N) is 1. The van der Waals surface area contributed by atoms with E-state index in [0.29, 0.717) is 11.4 Å². The van der Waals surface area contributed by atoms with Crippen LogP contribution >= 0.6 is 0 Å². The number of nitrogens with one attached hydrogen (secondary N) is 2. The molecule has 1 aliphatic rings. The lowest BCUT2D eigenvalue weighted by Crippen LogP contribution is -2.24. The lowest BCUT2D eigenvalue weighted by Gasteiger charge is -2.24. The Labute approximate surface area is 112 Å². The third-order valence-corrected chi connectivity index (χ3v) is 3.36. The fourth-order valence-electron chi connectivity index (χ4n) is 2.45. The quantitative estimate of drug-likeness (QED) is 0.885. The van der Waals surface area contributed by atoms with Crippen molar-refractivity contribution in [3.05, 3.63) is 41.1 Å². The van der Waals surface area contributed by atoms with Gasteiger partial charge in [0.25, 0.3) is 0 Å². The van der Waals surface area contributed by atoms with Crippen LogP contribution in [0.2, 0.25) is 0 Å². The normalized spacial score (nSPS) is 17.6. The minimum atomic E-state index is -1.00. The van der Waals surface area contributed by atoms with Crippen molar-refractivity contribution in [3.8, 4) is 5.75 Å². The van der Waals surface area contributed by atoms with Gasteiger partial charge in [-0.1, -0.05) is 0 Å². The lowest BCUT2D eigenvalue weighted by molar-refractivity contribution is -0.116. The molecule has 1 amide bonds. The number of anilines is 1. The van der Waals surface area contributed by atoms with Crippen molar-refractivity contribution in [2.24, 2.45) is 0 Å². The first-order chi connectivity index (χ1) is 9.61. The maximum absolute atomic E-state index is 14.1. The summed E-state index contributed by atoms with van der Waals surface area (Å²) in [5.74, 6) is -2.30. The number of carbonyl (C=O) groups is 1.